The second-order valence-electron chi connectivity index (χ2n) is 2.79. The Morgan fingerprint density at radius 3 is 2.80 bits per heavy atom. The zero-order chi connectivity index (χ0) is 11.4. The molecule has 0 spiro atoms. The summed E-state index contributed by atoms with van der Waals surface area (Å²) in [6, 6.07) is 4.94. The van der Waals surface area contributed by atoms with E-state index < -0.39 is 5.97 Å². The van der Waals surface area contributed by atoms with E-state index in [0.717, 1.165) is 0 Å². The van der Waals surface area contributed by atoms with E-state index in [-0.39, 0.29) is 22.6 Å². The number of hydrogen-bond donors (Lipinski definition) is 1. The Kier molecular flexibility index (Phi) is 3.53. The van der Waals surface area contributed by atoms with Gasteiger partial charge in [-0.1, -0.05) is 11.6 Å². The number of benzene rings is 1. The molecule has 0 fully saturated rings. The number of halogens is 1. The third-order valence-corrected chi connectivity index (χ3v) is 2.23. The van der Waals surface area contributed by atoms with Crippen molar-refractivity contribution in [3.63, 3.8) is 0 Å². The average Bonchev–Trinajstić information content (AvgIpc) is 2.20. The topological polar surface area (TPSA) is 70.3 Å². The fourth-order valence-electron chi connectivity index (χ4n) is 1.22. The largest absolute Gasteiger partial charge is 0.495 e. The van der Waals surface area contributed by atoms with E-state index in [1.54, 1.807) is 0 Å². The van der Waals surface area contributed by atoms with E-state index in [1.165, 1.54) is 19.2 Å². The smallest absolute Gasteiger partial charge is 0.307 e. The number of rotatable bonds is 3. The second-order valence-corrected chi connectivity index (χ2v) is 3.19. The van der Waals surface area contributed by atoms with Crippen LogP contribution in [-0.4, -0.2) is 18.2 Å². The number of carboxylic acid groups (broad SMARTS) is 1. The summed E-state index contributed by atoms with van der Waals surface area (Å²) in [5.41, 5.74) is 0.457. The van der Waals surface area contributed by atoms with E-state index in [4.69, 9.17) is 26.7 Å². The Morgan fingerprint density at radius 2 is 2.33 bits per heavy atom. The molecule has 1 N–H and O–H groups in total. The van der Waals surface area contributed by atoms with Crippen molar-refractivity contribution in [3.05, 3.63) is 28.3 Å². The van der Waals surface area contributed by atoms with Gasteiger partial charge in [0.2, 0.25) is 0 Å². The van der Waals surface area contributed by atoms with Gasteiger partial charge in [0.05, 0.1) is 19.1 Å². The van der Waals surface area contributed by atoms with Crippen molar-refractivity contribution in [1.29, 1.82) is 5.26 Å². The summed E-state index contributed by atoms with van der Waals surface area (Å²) >= 11 is 5.81. The predicted octanol–water partition coefficient (Wildman–Crippen LogP) is 1.85. The Bertz CT molecular complexity index is 437. The van der Waals surface area contributed by atoms with E-state index >= 15 is 0 Å². The van der Waals surface area contributed by atoms with Crippen molar-refractivity contribution < 1.29 is 14.6 Å². The molecule has 1 rings (SSSR count). The van der Waals surface area contributed by atoms with E-state index in [2.05, 4.69) is 0 Å². The molecule has 0 saturated carbocycles. The quantitative estimate of drug-likeness (QED) is 0.852. The van der Waals surface area contributed by atoms with Crippen LogP contribution in [0.5, 0.6) is 5.75 Å². The van der Waals surface area contributed by atoms with Crippen molar-refractivity contribution in [2.24, 2.45) is 0 Å². The lowest BCUT2D eigenvalue weighted by atomic mass is 10.0. The van der Waals surface area contributed by atoms with Crippen LogP contribution < -0.4 is 4.74 Å². The van der Waals surface area contributed by atoms with Crippen LogP contribution in [0.15, 0.2) is 12.1 Å². The standard InChI is InChI=1S/C10H8ClNO3/c1-15-9-3-2-8(11)6(4-10(13)14)7(9)5-12/h2-3H,4H2,1H3,(H,13,14). The molecular weight excluding hydrogens is 218 g/mol. The molecule has 0 unspecified atom stereocenters. The minimum Gasteiger partial charge on any atom is -0.495 e. The molecule has 0 atom stereocenters. The summed E-state index contributed by atoms with van der Waals surface area (Å²) in [6.45, 7) is 0. The molecule has 0 amide bonds. The number of hydrogen-bond acceptors (Lipinski definition) is 3. The molecule has 0 saturated heterocycles. The fraction of sp³-hybridized carbons (Fsp3) is 0.200. The van der Waals surface area contributed by atoms with Gasteiger partial charge in [-0.25, -0.2) is 0 Å². The highest BCUT2D eigenvalue weighted by molar-refractivity contribution is 6.31. The summed E-state index contributed by atoms with van der Waals surface area (Å²) in [4.78, 5) is 10.6. The van der Waals surface area contributed by atoms with Crippen LogP contribution in [0, 0.1) is 11.3 Å². The molecule has 1 aromatic carbocycles. The first-order valence-electron chi connectivity index (χ1n) is 4.07. The van der Waals surface area contributed by atoms with Gasteiger partial charge in [0.25, 0.3) is 0 Å². The van der Waals surface area contributed by atoms with Crippen LogP contribution in [0.3, 0.4) is 0 Å². The Hall–Kier alpha value is -1.73. The summed E-state index contributed by atoms with van der Waals surface area (Å²) in [7, 11) is 1.41. The second kappa shape index (κ2) is 4.67. The molecule has 0 aliphatic carbocycles. The van der Waals surface area contributed by atoms with Crippen molar-refractivity contribution in [2.75, 3.05) is 7.11 Å². The number of aliphatic carboxylic acids is 1. The maximum absolute atomic E-state index is 10.6. The fourth-order valence-corrected chi connectivity index (χ4v) is 1.44. The van der Waals surface area contributed by atoms with Gasteiger partial charge in [-0.05, 0) is 12.1 Å². The SMILES string of the molecule is COc1ccc(Cl)c(CC(=O)O)c1C#N. The lowest BCUT2D eigenvalue weighted by Gasteiger charge is -2.08. The third-order valence-electron chi connectivity index (χ3n) is 1.88. The van der Waals surface area contributed by atoms with Gasteiger partial charge >= 0.3 is 5.97 Å². The Balaban J connectivity index is 3.33. The highest BCUT2D eigenvalue weighted by Crippen LogP contribution is 2.28. The number of nitrogens with zero attached hydrogens (tertiary/aromatic N) is 1. The molecule has 0 bridgehead atoms. The zero-order valence-electron chi connectivity index (χ0n) is 7.95. The number of nitriles is 1. The highest BCUT2D eigenvalue weighted by Gasteiger charge is 2.15. The minimum atomic E-state index is -1.04. The van der Waals surface area contributed by atoms with Crippen LogP contribution in [0.25, 0.3) is 0 Å². The van der Waals surface area contributed by atoms with Gasteiger partial charge < -0.3 is 9.84 Å². The first kappa shape index (κ1) is 11.3. The molecule has 15 heavy (non-hydrogen) atoms. The van der Waals surface area contributed by atoms with Gasteiger partial charge in [0.1, 0.15) is 11.8 Å². The van der Waals surface area contributed by atoms with Crippen LogP contribution in [0.4, 0.5) is 0 Å². The van der Waals surface area contributed by atoms with Crippen molar-refractivity contribution >= 4 is 17.6 Å². The van der Waals surface area contributed by atoms with Gasteiger partial charge in [0, 0.05) is 10.6 Å². The van der Waals surface area contributed by atoms with Crippen molar-refractivity contribution in [1.82, 2.24) is 0 Å². The number of carbonyl (C=O) groups is 1. The molecule has 0 aliphatic heterocycles. The van der Waals surface area contributed by atoms with Crippen molar-refractivity contribution in [2.45, 2.75) is 6.42 Å². The molecule has 4 nitrogen and oxygen atoms in total. The summed E-state index contributed by atoms with van der Waals surface area (Å²) in [5, 5.41) is 17.8. The summed E-state index contributed by atoms with van der Waals surface area (Å²) in [5.74, 6) is -0.709. The molecule has 0 radical (unpaired) electrons. The first-order chi connectivity index (χ1) is 7.10. The van der Waals surface area contributed by atoms with Gasteiger partial charge in [-0.3, -0.25) is 4.79 Å². The first-order valence-corrected chi connectivity index (χ1v) is 4.45. The van der Waals surface area contributed by atoms with Crippen LogP contribution >= 0.6 is 11.6 Å². The highest BCUT2D eigenvalue weighted by atomic mass is 35.5. The molecule has 0 heterocycles. The lowest BCUT2D eigenvalue weighted by molar-refractivity contribution is -0.136. The predicted molar refractivity (Wildman–Crippen MR) is 54.1 cm³/mol. The normalized spacial score (nSPS) is 9.40. The third kappa shape index (κ3) is 2.39. The molecule has 78 valence electrons. The van der Waals surface area contributed by atoms with Gasteiger partial charge in [0.15, 0.2) is 0 Å². The van der Waals surface area contributed by atoms with E-state index in [1.807, 2.05) is 6.07 Å². The number of carboxylic acids is 1. The van der Waals surface area contributed by atoms with Gasteiger partial charge in [-0.2, -0.15) is 5.26 Å². The molecule has 5 heteroatoms. The summed E-state index contributed by atoms with van der Waals surface area (Å²) in [6.07, 6.45) is -0.293. The van der Waals surface area contributed by atoms with Crippen LogP contribution in [-0.2, 0) is 11.2 Å². The van der Waals surface area contributed by atoms with E-state index in [0.29, 0.717) is 5.75 Å². The monoisotopic (exact) mass is 225 g/mol. The maximum Gasteiger partial charge on any atom is 0.307 e. The maximum atomic E-state index is 10.6. The molecule has 0 aliphatic rings. The van der Waals surface area contributed by atoms with Gasteiger partial charge in [-0.15, -0.1) is 0 Å². The lowest BCUT2D eigenvalue weighted by Crippen LogP contribution is -2.04. The summed E-state index contributed by atoms with van der Waals surface area (Å²) < 4.78 is 4.94. The molecule has 0 aromatic heterocycles. The molecule has 1 aromatic rings. The van der Waals surface area contributed by atoms with E-state index in [9.17, 15) is 4.79 Å². The zero-order valence-corrected chi connectivity index (χ0v) is 8.71. The molecular formula is C10H8ClNO3. The number of ether oxygens (including phenoxy) is 1. The number of methoxy groups -OCH3 is 1. The Morgan fingerprint density at radius 1 is 1.67 bits per heavy atom. The van der Waals surface area contributed by atoms with Crippen molar-refractivity contribution in [3.8, 4) is 11.8 Å². The minimum absolute atomic E-state index is 0.174. The average molecular weight is 226 g/mol. The van der Waals surface area contributed by atoms with Crippen LogP contribution in [0.2, 0.25) is 5.02 Å². The Labute approximate surface area is 91.7 Å². The van der Waals surface area contributed by atoms with Crippen LogP contribution in [0.1, 0.15) is 11.1 Å².